The third kappa shape index (κ3) is 4.10. The average Bonchev–Trinajstić information content (AvgIpc) is 3.40. The maximum Gasteiger partial charge on any atom is 0.251 e. The van der Waals surface area contributed by atoms with Crippen LogP contribution >= 0.6 is 0 Å². The number of aromatic nitrogens is 3. The predicted octanol–water partition coefficient (Wildman–Crippen LogP) is 3.14. The van der Waals surface area contributed by atoms with Gasteiger partial charge in [-0.3, -0.25) is 9.48 Å². The van der Waals surface area contributed by atoms with E-state index in [-0.39, 0.29) is 5.91 Å². The molecule has 4 rings (SSSR count). The van der Waals surface area contributed by atoms with Gasteiger partial charge in [0.25, 0.3) is 5.91 Å². The molecule has 2 aromatic carbocycles. The molecule has 0 unspecified atom stereocenters. The molecule has 7 nitrogen and oxygen atoms in total. The van der Waals surface area contributed by atoms with Crippen molar-refractivity contribution >= 4 is 16.8 Å². The van der Waals surface area contributed by atoms with Gasteiger partial charge in [0.05, 0.1) is 25.1 Å². The zero-order valence-corrected chi connectivity index (χ0v) is 15.2. The average molecular weight is 376 g/mol. The van der Waals surface area contributed by atoms with Crippen LogP contribution in [0, 0.1) is 0 Å². The Morgan fingerprint density at radius 3 is 2.82 bits per heavy atom. The molecule has 0 radical (unpaired) electrons. The summed E-state index contributed by atoms with van der Waals surface area (Å²) in [5.74, 6) is 0.505. The van der Waals surface area contributed by atoms with Crippen LogP contribution in [0.25, 0.3) is 22.2 Å². The molecule has 2 aromatic heterocycles. The molecule has 142 valence electrons. The van der Waals surface area contributed by atoms with Gasteiger partial charge in [0.15, 0.2) is 5.76 Å². The maximum atomic E-state index is 12.4. The summed E-state index contributed by atoms with van der Waals surface area (Å²) >= 11 is 0. The van der Waals surface area contributed by atoms with Crippen LogP contribution in [0.2, 0.25) is 0 Å². The van der Waals surface area contributed by atoms with E-state index >= 15 is 0 Å². The van der Waals surface area contributed by atoms with E-state index in [2.05, 4.69) is 15.6 Å². The summed E-state index contributed by atoms with van der Waals surface area (Å²) in [6, 6.07) is 16.9. The summed E-state index contributed by atoms with van der Waals surface area (Å²) in [6.45, 7) is 2.11. The summed E-state index contributed by atoms with van der Waals surface area (Å²) in [6.07, 6.45) is 3.62. The van der Waals surface area contributed by atoms with Crippen LogP contribution in [0.1, 0.15) is 10.4 Å². The number of nitrogens with zero attached hydrogens (tertiary/aromatic N) is 3. The van der Waals surface area contributed by atoms with Crippen molar-refractivity contribution in [1.82, 2.24) is 20.3 Å². The van der Waals surface area contributed by atoms with Crippen molar-refractivity contribution in [2.45, 2.75) is 6.54 Å². The highest BCUT2D eigenvalue weighted by Crippen LogP contribution is 2.29. The molecule has 2 heterocycles. The van der Waals surface area contributed by atoms with Crippen LogP contribution in [0.5, 0.6) is 0 Å². The minimum absolute atomic E-state index is 0.155. The molecule has 0 aliphatic carbocycles. The standard InChI is InChI=1S/C21H20N4O3/c26-21(22-10-13-27-14-12-25-11-4-9-23-25)17-7-8-19-18(15-17)20(28-24-19)16-5-2-1-3-6-16/h1-9,11,15H,10,12-14H2,(H,22,26). The van der Waals surface area contributed by atoms with E-state index < -0.39 is 0 Å². The lowest BCUT2D eigenvalue weighted by molar-refractivity contribution is 0.0906. The number of rotatable bonds is 8. The zero-order chi connectivity index (χ0) is 19.2. The number of carbonyl (C=O) groups excluding carboxylic acids is 1. The first-order valence-corrected chi connectivity index (χ1v) is 9.09. The Bertz CT molecular complexity index is 1040. The minimum atomic E-state index is -0.155. The molecule has 1 amide bonds. The molecule has 0 saturated carbocycles. The Kier molecular flexibility index (Phi) is 5.44. The van der Waals surface area contributed by atoms with Crippen LogP contribution in [0.15, 0.2) is 71.5 Å². The smallest absolute Gasteiger partial charge is 0.251 e. The summed E-state index contributed by atoms with van der Waals surface area (Å²) < 4.78 is 12.8. The largest absolute Gasteiger partial charge is 0.378 e. The van der Waals surface area contributed by atoms with Crippen LogP contribution in [-0.2, 0) is 11.3 Å². The van der Waals surface area contributed by atoms with Crippen molar-refractivity contribution < 1.29 is 14.1 Å². The van der Waals surface area contributed by atoms with Crippen molar-refractivity contribution in [2.24, 2.45) is 0 Å². The fraction of sp³-hybridized carbons (Fsp3) is 0.190. The molecular weight excluding hydrogens is 356 g/mol. The third-order valence-corrected chi connectivity index (χ3v) is 4.33. The van der Waals surface area contributed by atoms with Gasteiger partial charge < -0.3 is 14.6 Å². The first-order chi connectivity index (χ1) is 13.8. The predicted molar refractivity (Wildman–Crippen MR) is 105 cm³/mol. The number of fused-ring (bicyclic) bond motifs is 1. The molecule has 0 saturated heterocycles. The maximum absolute atomic E-state index is 12.4. The molecule has 7 heteroatoms. The molecule has 1 N–H and O–H groups in total. The van der Waals surface area contributed by atoms with E-state index in [1.807, 2.05) is 48.7 Å². The lowest BCUT2D eigenvalue weighted by atomic mass is 10.1. The molecule has 0 aliphatic rings. The quantitative estimate of drug-likeness (QED) is 0.478. The van der Waals surface area contributed by atoms with Gasteiger partial charge in [0, 0.05) is 30.1 Å². The number of hydrogen-bond donors (Lipinski definition) is 1. The van der Waals surface area contributed by atoms with Crippen molar-refractivity contribution in [3.05, 3.63) is 72.6 Å². The molecule has 28 heavy (non-hydrogen) atoms. The second-order valence-electron chi connectivity index (χ2n) is 6.25. The Morgan fingerprint density at radius 2 is 2.00 bits per heavy atom. The Hall–Kier alpha value is -3.45. The van der Waals surface area contributed by atoms with Gasteiger partial charge in [-0.15, -0.1) is 0 Å². The highest BCUT2D eigenvalue weighted by molar-refractivity contribution is 6.00. The Balaban J connectivity index is 1.34. The molecule has 4 aromatic rings. The van der Waals surface area contributed by atoms with Gasteiger partial charge in [-0.2, -0.15) is 5.10 Å². The molecule has 0 bridgehead atoms. The van der Waals surface area contributed by atoms with Gasteiger partial charge >= 0.3 is 0 Å². The van der Waals surface area contributed by atoms with E-state index in [1.54, 1.807) is 23.0 Å². The van der Waals surface area contributed by atoms with Crippen molar-refractivity contribution in [1.29, 1.82) is 0 Å². The lowest BCUT2D eigenvalue weighted by Gasteiger charge is -2.07. The van der Waals surface area contributed by atoms with E-state index in [1.165, 1.54) is 0 Å². The van der Waals surface area contributed by atoms with Crippen molar-refractivity contribution in [3.63, 3.8) is 0 Å². The second-order valence-corrected chi connectivity index (χ2v) is 6.25. The number of carbonyl (C=O) groups is 1. The zero-order valence-electron chi connectivity index (χ0n) is 15.2. The highest BCUT2D eigenvalue weighted by Gasteiger charge is 2.13. The molecular formula is C21H20N4O3. The molecule has 0 spiro atoms. The van der Waals surface area contributed by atoms with Gasteiger partial charge in [-0.05, 0) is 24.3 Å². The summed E-state index contributed by atoms with van der Waals surface area (Å²) in [5, 5.41) is 11.9. The van der Waals surface area contributed by atoms with Crippen LogP contribution in [0.4, 0.5) is 0 Å². The normalized spacial score (nSPS) is 11.0. The second kappa shape index (κ2) is 8.49. The Morgan fingerprint density at radius 1 is 1.11 bits per heavy atom. The fourth-order valence-corrected chi connectivity index (χ4v) is 2.91. The third-order valence-electron chi connectivity index (χ3n) is 4.33. The molecule has 0 fully saturated rings. The fourth-order valence-electron chi connectivity index (χ4n) is 2.91. The van der Waals surface area contributed by atoms with Crippen LogP contribution < -0.4 is 5.32 Å². The first-order valence-electron chi connectivity index (χ1n) is 9.09. The summed E-state index contributed by atoms with van der Waals surface area (Å²) in [4.78, 5) is 12.4. The number of nitrogens with one attached hydrogen (secondary N) is 1. The topological polar surface area (TPSA) is 82.2 Å². The van der Waals surface area contributed by atoms with Crippen molar-refractivity contribution in [2.75, 3.05) is 19.8 Å². The summed E-state index contributed by atoms with van der Waals surface area (Å²) in [5.41, 5.74) is 2.20. The van der Waals surface area contributed by atoms with Gasteiger partial charge in [0.1, 0.15) is 5.52 Å². The number of benzene rings is 2. The minimum Gasteiger partial charge on any atom is -0.378 e. The molecule has 0 aliphatic heterocycles. The van der Waals surface area contributed by atoms with E-state index in [0.717, 1.165) is 16.5 Å². The van der Waals surface area contributed by atoms with E-state index in [9.17, 15) is 4.79 Å². The monoisotopic (exact) mass is 376 g/mol. The highest BCUT2D eigenvalue weighted by atomic mass is 16.5. The van der Waals surface area contributed by atoms with Crippen molar-refractivity contribution in [3.8, 4) is 11.3 Å². The van der Waals surface area contributed by atoms with E-state index in [4.69, 9.17) is 9.26 Å². The van der Waals surface area contributed by atoms with Crippen LogP contribution in [0.3, 0.4) is 0 Å². The van der Waals surface area contributed by atoms with E-state index in [0.29, 0.717) is 37.6 Å². The molecule has 0 atom stereocenters. The van der Waals surface area contributed by atoms with Crippen LogP contribution in [-0.4, -0.2) is 40.6 Å². The van der Waals surface area contributed by atoms with Gasteiger partial charge in [0.2, 0.25) is 0 Å². The Labute approximate surface area is 161 Å². The van der Waals surface area contributed by atoms with Gasteiger partial charge in [-0.1, -0.05) is 35.5 Å². The number of hydrogen-bond acceptors (Lipinski definition) is 5. The summed E-state index contributed by atoms with van der Waals surface area (Å²) in [7, 11) is 0. The first kappa shape index (κ1) is 17.9. The lowest BCUT2D eigenvalue weighted by Crippen LogP contribution is -2.27. The number of ether oxygens (including phenoxy) is 1. The SMILES string of the molecule is O=C(NCCOCCn1cccn1)c1ccc2noc(-c3ccccc3)c2c1. The van der Waals surface area contributed by atoms with Gasteiger partial charge in [-0.25, -0.2) is 0 Å². The number of amides is 1.